The van der Waals surface area contributed by atoms with Crippen LogP contribution in [-0.2, 0) is 6.42 Å². The third-order valence-electron chi connectivity index (χ3n) is 3.59. The van der Waals surface area contributed by atoms with Crippen molar-refractivity contribution in [1.29, 1.82) is 5.26 Å². The quantitative estimate of drug-likeness (QED) is 0.904. The highest BCUT2D eigenvalue weighted by atomic mass is 19.2. The summed E-state index contributed by atoms with van der Waals surface area (Å²) in [5, 5.41) is 12.7. The molecule has 1 fully saturated rings. The van der Waals surface area contributed by atoms with Gasteiger partial charge in [-0.15, -0.1) is 0 Å². The van der Waals surface area contributed by atoms with Crippen molar-refractivity contribution in [1.82, 2.24) is 10.2 Å². The van der Waals surface area contributed by atoms with Crippen molar-refractivity contribution in [2.75, 3.05) is 26.2 Å². The second kappa shape index (κ2) is 5.64. The van der Waals surface area contributed by atoms with Crippen molar-refractivity contribution in [2.24, 2.45) is 0 Å². The van der Waals surface area contributed by atoms with Gasteiger partial charge in [-0.05, 0) is 24.6 Å². The molecule has 1 aromatic rings. The van der Waals surface area contributed by atoms with Crippen LogP contribution in [0.2, 0.25) is 0 Å². The van der Waals surface area contributed by atoms with E-state index < -0.39 is 17.2 Å². The van der Waals surface area contributed by atoms with Gasteiger partial charge in [0.2, 0.25) is 0 Å². The minimum Gasteiger partial charge on any atom is -0.314 e. The lowest BCUT2D eigenvalue weighted by Gasteiger charge is -2.38. The van der Waals surface area contributed by atoms with E-state index in [9.17, 15) is 14.0 Å². The predicted molar refractivity (Wildman–Crippen MR) is 68.5 cm³/mol. The molecular formula is C14H17F2N3. The molecule has 1 aromatic carbocycles. The molecule has 1 N–H and O–H groups in total. The monoisotopic (exact) mass is 265 g/mol. The molecule has 1 saturated heterocycles. The average molecular weight is 265 g/mol. The van der Waals surface area contributed by atoms with Gasteiger partial charge in [0.05, 0.1) is 6.07 Å². The number of piperazine rings is 1. The number of nitrogens with one attached hydrogen (secondary N) is 1. The first-order valence-electron chi connectivity index (χ1n) is 6.36. The number of halogens is 2. The molecule has 0 spiro atoms. The zero-order chi connectivity index (χ0) is 13.9. The smallest absolute Gasteiger partial charge is 0.159 e. The predicted octanol–water partition coefficient (Wildman–Crippen LogP) is 1.69. The van der Waals surface area contributed by atoms with Crippen LogP contribution in [0.15, 0.2) is 18.2 Å². The topological polar surface area (TPSA) is 39.1 Å². The van der Waals surface area contributed by atoms with Gasteiger partial charge in [-0.3, -0.25) is 4.90 Å². The van der Waals surface area contributed by atoms with Crippen LogP contribution in [-0.4, -0.2) is 36.6 Å². The van der Waals surface area contributed by atoms with Gasteiger partial charge in [0.15, 0.2) is 11.6 Å². The first-order chi connectivity index (χ1) is 9.05. The van der Waals surface area contributed by atoms with Crippen LogP contribution in [0.5, 0.6) is 0 Å². The van der Waals surface area contributed by atoms with Crippen molar-refractivity contribution in [3.05, 3.63) is 35.4 Å². The Labute approximate surface area is 111 Å². The van der Waals surface area contributed by atoms with Gasteiger partial charge >= 0.3 is 0 Å². The van der Waals surface area contributed by atoms with Crippen molar-refractivity contribution in [3.8, 4) is 6.07 Å². The number of hydrogen-bond donors (Lipinski definition) is 1. The Morgan fingerprint density at radius 1 is 1.32 bits per heavy atom. The largest absolute Gasteiger partial charge is 0.314 e. The molecule has 1 heterocycles. The molecule has 0 aromatic heterocycles. The molecular weight excluding hydrogens is 248 g/mol. The van der Waals surface area contributed by atoms with Crippen LogP contribution in [0, 0.1) is 23.0 Å². The molecule has 1 unspecified atom stereocenters. The standard InChI is InChI=1S/C14H17F2N3/c1-14(10-17,19-6-4-18-5-7-19)9-11-2-3-12(15)13(16)8-11/h2-3,8,18H,4-7,9H2,1H3. The number of nitrogens with zero attached hydrogens (tertiary/aromatic N) is 2. The Hall–Kier alpha value is -1.51. The van der Waals surface area contributed by atoms with Gasteiger partial charge in [-0.25, -0.2) is 8.78 Å². The average Bonchev–Trinajstić information content (AvgIpc) is 2.44. The molecule has 0 amide bonds. The van der Waals surface area contributed by atoms with Crippen molar-refractivity contribution in [3.63, 3.8) is 0 Å². The summed E-state index contributed by atoms with van der Waals surface area (Å²) < 4.78 is 26.1. The SMILES string of the molecule is CC(C#N)(Cc1ccc(F)c(F)c1)N1CCNCC1. The molecule has 1 atom stereocenters. The fourth-order valence-corrected chi connectivity index (χ4v) is 2.43. The van der Waals surface area contributed by atoms with Gasteiger partial charge in [0.1, 0.15) is 5.54 Å². The normalized spacial score (nSPS) is 19.7. The molecule has 0 aliphatic carbocycles. The molecule has 19 heavy (non-hydrogen) atoms. The maximum Gasteiger partial charge on any atom is 0.159 e. The minimum atomic E-state index is -0.863. The van der Waals surface area contributed by atoms with Crippen LogP contribution in [0.4, 0.5) is 8.78 Å². The summed E-state index contributed by atoms with van der Waals surface area (Å²) in [5.74, 6) is -1.72. The third kappa shape index (κ3) is 3.09. The molecule has 1 aliphatic heterocycles. The van der Waals surface area contributed by atoms with E-state index in [1.807, 2.05) is 6.92 Å². The Bertz CT molecular complexity index is 492. The highest BCUT2D eigenvalue weighted by Gasteiger charge is 2.33. The van der Waals surface area contributed by atoms with Crippen molar-refractivity contribution < 1.29 is 8.78 Å². The fourth-order valence-electron chi connectivity index (χ4n) is 2.43. The molecule has 0 saturated carbocycles. The van der Waals surface area contributed by atoms with Crippen LogP contribution in [0.3, 0.4) is 0 Å². The maximum absolute atomic E-state index is 13.2. The van der Waals surface area contributed by atoms with Crippen LogP contribution in [0.25, 0.3) is 0 Å². The zero-order valence-corrected chi connectivity index (χ0v) is 10.9. The van der Waals surface area contributed by atoms with E-state index in [0.717, 1.165) is 32.2 Å². The summed E-state index contributed by atoms with van der Waals surface area (Å²) in [6.07, 6.45) is 0.390. The Morgan fingerprint density at radius 3 is 2.58 bits per heavy atom. The van der Waals surface area contributed by atoms with Gasteiger partial charge in [-0.2, -0.15) is 5.26 Å². The molecule has 0 radical (unpaired) electrons. The van der Waals surface area contributed by atoms with Crippen LogP contribution >= 0.6 is 0 Å². The Balaban J connectivity index is 2.17. The van der Waals surface area contributed by atoms with Crippen LogP contribution in [0.1, 0.15) is 12.5 Å². The Kier molecular flexibility index (Phi) is 4.13. The van der Waals surface area contributed by atoms with Crippen LogP contribution < -0.4 is 5.32 Å². The second-order valence-corrected chi connectivity index (χ2v) is 5.05. The van der Waals surface area contributed by atoms with E-state index in [-0.39, 0.29) is 0 Å². The zero-order valence-electron chi connectivity index (χ0n) is 10.9. The number of nitriles is 1. The van der Waals surface area contributed by atoms with Crippen molar-refractivity contribution >= 4 is 0 Å². The maximum atomic E-state index is 13.2. The molecule has 3 nitrogen and oxygen atoms in total. The molecule has 1 aliphatic rings. The highest BCUT2D eigenvalue weighted by molar-refractivity contribution is 5.23. The van der Waals surface area contributed by atoms with E-state index in [0.29, 0.717) is 12.0 Å². The highest BCUT2D eigenvalue weighted by Crippen LogP contribution is 2.22. The summed E-state index contributed by atoms with van der Waals surface area (Å²) >= 11 is 0. The summed E-state index contributed by atoms with van der Waals surface area (Å²) in [4.78, 5) is 2.09. The summed E-state index contributed by atoms with van der Waals surface area (Å²) in [6, 6.07) is 6.14. The van der Waals surface area contributed by atoms with E-state index in [2.05, 4.69) is 16.3 Å². The van der Waals surface area contributed by atoms with E-state index in [1.165, 1.54) is 12.1 Å². The molecule has 102 valence electrons. The third-order valence-corrected chi connectivity index (χ3v) is 3.59. The summed E-state index contributed by atoms with van der Waals surface area (Å²) in [6.45, 7) is 5.10. The number of rotatable bonds is 3. The van der Waals surface area contributed by atoms with Crippen molar-refractivity contribution in [2.45, 2.75) is 18.9 Å². The number of benzene rings is 1. The lowest BCUT2D eigenvalue weighted by atomic mass is 9.91. The summed E-state index contributed by atoms with van der Waals surface area (Å²) in [7, 11) is 0. The summed E-state index contributed by atoms with van der Waals surface area (Å²) in [5.41, 5.74) is -0.0479. The first-order valence-corrected chi connectivity index (χ1v) is 6.36. The van der Waals surface area contributed by atoms with Gasteiger partial charge in [0, 0.05) is 32.6 Å². The lowest BCUT2D eigenvalue weighted by Crippen LogP contribution is -2.55. The molecule has 5 heteroatoms. The molecule has 2 rings (SSSR count). The van der Waals surface area contributed by atoms with Gasteiger partial charge < -0.3 is 5.32 Å². The number of hydrogen-bond acceptors (Lipinski definition) is 3. The second-order valence-electron chi connectivity index (χ2n) is 5.05. The van der Waals surface area contributed by atoms with E-state index in [4.69, 9.17) is 0 Å². The molecule has 0 bridgehead atoms. The first kappa shape index (κ1) is 13.9. The van der Waals surface area contributed by atoms with E-state index in [1.54, 1.807) is 0 Å². The Morgan fingerprint density at radius 2 is 2.00 bits per heavy atom. The fraction of sp³-hybridized carbons (Fsp3) is 0.500. The van der Waals surface area contributed by atoms with Gasteiger partial charge in [0.25, 0.3) is 0 Å². The van der Waals surface area contributed by atoms with Gasteiger partial charge in [-0.1, -0.05) is 6.07 Å². The minimum absolute atomic E-state index is 0.390. The van der Waals surface area contributed by atoms with E-state index >= 15 is 0 Å². The lowest BCUT2D eigenvalue weighted by molar-refractivity contribution is 0.132.